The number of amides is 1. The Hall–Kier alpha value is -1.96. The van der Waals surface area contributed by atoms with Gasteiger partial charge < -0.3 is 15.5 Å². The van der Waals surface area contributed by atoms with Crippen molar-refractivity contribution in [2.45, 2.75) is 0 Å². The molecule has 0 aliphatic heterocycles. The summed E-state index contributed by atoms with van der Waals surface area (Å²) in [5.41, 5.74) is 0.469. The summed E-state index contributed by atoms with van der Waals surface area (Å²) in [7, 11) is 0. The summed E-state index contributed by atoms with van der Waals surface area (Å²) in [6.45, 7) is 0. The van der Waals surface area contributed by atoms with Crippen LogP contribution in [0.4, 0.5) is 5.69 Å². The molecule has 0 saturated heterocycles. The summed E-state index contributed by atoms with van der Waals surface area (Å²) in [6, 6.07) is 12.6. The molecule has 0 spiro atoms. The number of aromatic hydroxyl groups is 2. The predicted molar refractivity (Wildman–Crippen MR) is 69.9 cm³/mol. The highest BCUT2D eigenvalue weighted by molar-refractivity contribution is 6.06. The Morgan fingerprint density at radius 1 is 0.889 bits per heavy atom. The average molecular weight is 256 g/mol. The van der Waals surface area contributed by atoms with Gasteiger partial charge in [-0.1, -0.05) is 24.3 Å². The first kappa shape index (κ1) is 14.1. The monoisotopic (exact) mass is 256 g/mol. The molecular weight excluding hydrogens is 245 g/mol. The van der Waals surface area contributed by atoms with Crippen molar-refractivity contribution < 1.29 is 15.0 Å². The summed E-state index contributed by atoms with van der Waals surface area (Å²) in [6.07, 6.45) is 0. The van der Waals surface area contributed by atoms with Crippen LogP contribution in [0.5, 0.6) is 11.5 Å². The van der Waals surface area contributed by atoms with Crippen LogP contribution in [-0.4, -0.2) is 33.5 Å². The van der Waals surface area contributed by atoms with E-state index in [1.54, 1.807) is 30.3 Å². The largest absolute Gasteiger partial charge is 0.507 e. The van der Waals surface area contributed by atoms with E-state index in [2.05, 4.69) is 5.32 Å². The maximum Gasteiger partial charge on any atom is 0.259 e. The number of anilines is 1. The molecule has 0 fully saturated rings. The molecule has 2 aromatic carbocycles. The first-order chi connectivity index (χ1) is 8.18. The number of hydrogen-bond acceptors (Lipinski definition) is 3. The molecular formula is C13H11AlNO3. The minimum Gasteiger partial charge on any atom is -0.507 e. The van der Waals surface area contributed by atoms with Crippen molar-refractivity contribution in [2.75, 3.05) is 5.32 Å². The van der Waals surface area contributed by atoms with Crippen LogP contribution in [0.2, 0.25) is 0 Å². The molecule has 3 radical (unpaired) electrons. The summed E-state index contributed by atoms with van der Waals surface area (Å²) in [5, 5.41) is 21.5. The molecule has 4 nitrogen and oxygen atoms in total. The third kappa shape index (κ3) is 3.04. The lowest BCUT2D eigenvalue weighted by atomic mass is 10.2. The minimum atomic E-state index is -0.468. The number of nitrogens with one attached hydrogen (secondary N) is 1. The fourth-order valence-electron chi connectivity index (χ4n) is 1.43. The van der Waals surface area contributed by atoms with Crippen LogP contribution in [0.25, 0.3) is 0 Å². The Morgan fingerprint density at radius 2 is 1.44 bits per heavy atom. The summed E-state index contributed by atoms with van der Waals surface area (Å²) in [5.74, 6) is -0.582. The second kappa shape index (κ2) is 6.10. The molecule has 3 N–H and O–H groups in total. The molecule has 89 valence electrons. The van der Waals surface area contributed by atoms with E-state index in [-0.39, 0.29) is 34.4 Å². The van der Waals surface area contributed by atoms with E-state index >= 15 is 0 Å². The highest BCUT2D eigenvalue weighted by atomic mass is 27.0. The van der Waals surface area contributed by atoms with E-state index in [9.17, 15) is 15.0 Å². The molecule has 1 amide bonds. The van der Waals surface area contributed by atoms with E-state index in [1.165, 1.54) is 18.2 Å². The van der Waals surface area contributed by atoms with Gasteiger partial charge in [0.05, 0.1) is 11.3 Å². The third-order valence-corrected chi connectivity index (χ3v) is 2.30. The van der Waals surface area contributed by atoms with Gasteiger partial charge in [-0.3, -0.25) is 4.79 Å². The van der Waals surface area contributed by atoms with Crippen LogP contribution < -0.4 is 5.32 Å². The lowest BCUT2D eigenvalue weighted by Gasteiger charge is -2.07. The Kier molecular flexibility index (Phi) is 4.78. The predicted octanol–water partition coefficient (Wildman–Crippen LogP) is 1.97. The van der Waals surface area contributed by atoms with Crippen molar-refractivity contribution >= 4 is 29.0 Å². The van der Waals surface area contributed by atoms with Gasteiger partial charge in [-0.25, -0.2) is 0 Å². The lowest BCUT2D eigenvalue weighted by molar-refractivity contribution is 0.102. The van der Waals surface area contributed by atoms with Crippen molar-refractivity contribution in [1.82, 2.24) is 0 Å². The smallest absolute Gasteiger partial charge is 0.259 e. The number of phenolic OH excluding ortho intramolecular Hbond substituents is 2. The number of hydrogen-bond donors (Lipinski definition) is 3. The second-order valence-corrected chi connectivity index (χ2v) is 3.49. The number of carbonyl (C=O) groups is 1. The summed E-state index contributed by atoms with van der Waals surface area (Å²) < 4.78 is 0. The van der Waals surface area contributed by atoms with Crippen LogP contribution in [0.3, 0.4) is 0 Å². The third-order valence-electron chi connectivity index (χ3n) is 2.30. The van der Waals surface area contributed by atoms with Crippen molar-refractivity contribution in [2.24, 2.45) is 0 Å². The van der Waals surface area contributed by atoms with Crippen LogP contribution in [0, 0.1) is 0 Å². The molecule has 0 atom stereocenters. The van der Waals surface area contributed by atoms with Gasteiger partial charge in [-0.2, -0.15) is 0 Å². The van der Waals surface area contributed by atoms with Gasteiger partial charge in [-0.05, 0) is 24.3 Å². The molecule has 18 heavy (non-hydrogen) atoms. The van der Waals surface area contributed by atoms with Gasteiger partial charge in [-0.15, -0.1) is 0 Å². The van der Waals surface area contributed by atoms with E-state index in [1.807, 2.05) is 0 Å². The standard InChI is InChI=1S/C13H11NO3.Al/c15-11-7-3-1-5-9(11)13(17)14-10-6-2-4-8-12(10)16;/h1-8,15-16H,(H,14,17);. The second-order valence-electron chi connectivity index (χ2n) is 3.49. The van der Waals surface area contributed by atoms with Gasteiger partial charge in [0.25, 0.3) is 5.91 Å². The van der Waals surface area contributed by atoms with Crippen molar-refractivity contribution in [3.8, 4) is 11.5 Å². The quantitative estimate of drug-likeness (QED) is 0.568. The van der Waals surface area contributed by atoms with Gasteiger partial charge in [0.1, 0.15) is 11.5 Å². The van der Waals surface area contributed by atoms with Crippen molar-refractivity contribution in [1.29, 1.82) is 0 Å². The first-order valence-electron chi connectivity index (χ1n) is 5.06. The summed E-state index contributed by atoms with van der Waals surface area (Å²) >= 11 is 0. The molecule has 0 aromatic heterocycles. The Labute approximate surface area is 115 Å². The zero-order valence-electron chi connectivity index (χ0n) is 9.50. The maximum absolute atomic E-state index is 11.8. The van der Waals surface area contributed by atoms with E-state index < -0.39 is 5.91 Å². The Balaban J connectivity index is 0.00000162. The SMILES string of the molecule is O=C(Nc1ccccc1O)c1ccccc1O.[Al]. The average Bonchev–Trinajstić information content (AvgIpc) is 2.32. The number of phenols is 2. The Bertz CT molecular complexity index is 557. The fourth-order valence-corrected chi connectivity index (χ4v) is 1.43. The molecule has 0 aliphatic rings. The molecule has 0 saturated carbocycles. The molecule has 2 rings (SSSR count). The van der Waals surface area contributed by atoms with Crippen LogP contribution >= 0.6 is 0 Å². The van der Waals surface area contributed by atoms with Crippen LogP contribution in [-0.2, 0) is 0 Å². The lowest BCUT2D eigenvalue weighted by Crippen LogP contribution is -2.11. The number of para-hydroxylation sites is 3. The van der Waals surface area contributed by atoms with Gasteiger partial charge >= 0.3 is 0 Å². The van der Waals surface area contributed by atoms with E-state index in [0.29, 0.717) is 5.69 Å². The van der Waals surface area contributed by atoms with Gasteiger partial charge in [0, 0.05) is 17.4 Å². The molecule has 0 bridgehead atoms. The summed E-state index contributed by atoms with van der Waals surface area (Å²) in [4.78, 5) is 11.8. The molecule has 0 aliphatic carbocycles. The molecule has 0 heterocycles. The van der Waals surface area contributed by atoms with Crippen molar-refractivity contribution in [3.63, 3.8) is 0 Å². The van der Waals surface area contributed by atoms with E-state index in [4.69, 9.17) is 0 Å². The van der Waals surface area contributed by atoms with Gasteiger partial charge in [0.2, 0.25) is 0 Å². The Morgan fingerprint density at radius 3 is 2.06 bits per heavy atom. The first-order valence-corrected chi connectivity index (χ1v) is 5.06. The highest BCUT2D eigenvalue weighted by Crippen LogP contribution is 2.23. The number of benzene rings is 2. The van der Waals surface area contributed by atoms with Crippen molar-refractivity contribution in [3.05, 3.63) is 54.1 Å². The number of rotatable bonds is 2. The molecule has 5 heteroatoms. The number of carbonyl (C=O) groups excluding carboxylic acids is 1. The maximum atomic E-state index is 11.8. The highest BCUT2D eigenvalue weighted by Gasteiger charge is 2.11. The molecule has 0 unspecified atom stereocenters. The van der Waals surface area contributed by atoms with Crippen LogP contribution in [0.15, 0.2) is 48.5 Å². The zero-order chi connectivity index (χ0) is 12.3. The van der Waals surface area contributed by atoms with Gasteiger partial charge in [0.15, 0.2) is 0 Å². The van der Waals surface area contributed by atoms with Crippen LogP contribution in [0.1, 0.15) is 10.4 Å². The van der Waals surface area contributed by atoms with E-state index in [0.717, 1.165) is 0 Å². The fraction of sp³-hybridized carbons (Fsp3) is 0. The normalized spacial score (nSPS) is 9.33. The zero-order valence-corrected chi connectivity index (χ0v) is 10.7. The minimum absolute atomic E-state index is 0. The molecule has 2 aromatic rings. The topological polar surface area (TPSA) is 69.6 Å².